The van der Waals surface area contributed by atoms with Crippen molar-refractivity contribution in [3.8, 4) is 5.75 Å². The third kappa shape index (κ3) is 5.31. The summed E-state index contributed by atoms with van der Waals surface area (Å²) in [4.78, 5) is 31.8. The molecule has 0 spiro atoms. The molecule has 1 amide bonds. The fraction of sp³-hybridized carbons (Fsp3) is 0.389. The van der Waals surface area contributed by atoms with Gasteiger partial charge in [-0.05, 0) is 31.2 Å². The number of nitrogens with two attached hydrogens (primary N) is 1. The Morgan fingerprint density at radius 1 is 1.27 bits per heavy atom. The standard InChI is InChI=1S/C18H24N4O3.ClH/c1-11-14(16(24)22-17(20-11)18(2,3)4)15(23)21-12-5-7-13(8-6-12)25-10-9-19;/h5-8H,9-10,19H2,1-4H3,(H,21,23)(H,20,22,24);1H. The summed E-state index contributed by atoms with van der Waals surface area (Å²) in [6.07, 6.45) is 0. The minimum absolute atomic E-state index is 0. The van der Waals surface area contributed by atoms with E-state index in [1.807, 2.05) is 20.8 Å². The molecule has 0 aliphatic heterocycles. The van der Waals surface area contributed by atoms with Crippen LogP contribution in [-0.2, 0) is 5.41 Å². The molecule has 0 saturated carbocycles. The molecule has 8 heteroatoms. The quantitative estimate of drug-likeness (QED) is 0.737. The number of amides is 1. The molecular formula is C18H25ClN4O3. The zero-order valence-electron chi connectivity index (χ0n) is 15.4. The third-order valence-corrected chi connectivity index (χ3v) is 3.54. The van der Waals surface area contributed by atoms with E-state index < -0.39 is 11.5 Å². The van der Waals surface area contributed by atoms with Crippen LogP contribution < -0.4 is 21.3 Å². The van der Waals surface area contributed by atoms with Gasteiger partial charge in [0.2, 0.25) is 0 Å². The molecule has 4 N–H and O–H groups in total. The predicted molar refractivity (Wildman–Crippen MR) is 104 cm³/mol. The van der Waals surface area contributed by atoms with Gasteiger partial charge >= 0.3 is 0 Å². The highest BCUT2D eigenvalue weighted by molar-refractivity contribution is 6.04. The minimum atomic E-state index is -0.498. The van der Waals surface area contributed by atoms with E-state index in [9.17, 15) is 9.59 Å². The van der Waals surface area contributed by atoms with Crippen LogP contribution in [0.5, 0.6) is 5.75 Å². The molecule has 1 aromatic carbocycles. The maximum Gasteiger partial charge on any atom is 0.264 e. The van der Waals surface area contributed by atoms with Crippen molar-refractivity contribution in [3.05, 3.63) is 51.7 Å². The number of halogens is 1. The molecule has 142 valence electrons. The summed E-state index contributed by atoms with van der Waals surface area (Å²) in [5.74, 6) is 0.712. The molecule has 2 rings (SSSR count). The van der Waals surface area contributed by atoms with E-state index in [-0.39, 0.29) is 23.4 Å². The summed E-state index contributed by atoms with van der Waals surface area (Å²) in [6, 6.07) is 6.85. The minimum Gasteiger partial charge on any atom is -0.492 e. The smallest absolute Gasteiger partial charge is 0.264 e. The van der Waals surface area contributed by atoms with Crippen LogP contribution in [0.2, 0.25) is 0 Å². The number of rotatable bonds is 5. The van der Waals surface area contributed by atoms with Crippen molar-refractivity contribution in [1.82, 2.24) is 9.97 Å². The molecule has 1 aromatic heterocycles. The molecule has 0 fully saturated rings. The second-order valence-electron chi connectivity index (χ2n) is 6.74. The number of aryl methyl sites for hydroxylation is 1. The van der Waals surface area contributed by atoms with E-state index >= 15 is 0 Å². The zero-order valence-corrected chi connectivity index (χ0v) is 16.2. The van der Waals surface area contributed by atoms with Gasteiger partial charge in [-0.25, -0.2) is 4.98 Å². The summed E-state index contributed by atoms with van der Waals surface area (Å²) >= 11 is 0. The van der Waals surface area contributed by atoms with Gasteiger partial charge in [-0.2, -0.15) is 0 Å². The van der Waals surface area contributed by atoms with Gasteiger partial charge in [0.05, 0.1) is 5.69 Å². The van der Waals surface area contributed by atoms with E-state index in [1.54, 1.807) is 31.2 Å². The lowest BCUT2D eigenvalue weighted by Gasteiger charge is -2.18. The Bertz CT molecular complexity index is 811. The van der Waals surface area contributed by atoms with E-state index in [0.29, 0.717) is 36.1 Å². The van der Waals surface area contributed by atoms with Crippen molar-refractivity contribution in [2.45, 2.75) is 33.1 Å². The molecule has 0 radical (unpaired) electrons. The summed E-state index contributed by atoms with van der Waals surface area (Å²) in [5, 5.41) is 2.70. The normalized spacial score (nSPS) is 10.8. The van der Waals surface area contributed by atoms with Gasteiger partial charge in [-0.3, -0.25) is 9.59 Å². The molecular weight excluding hydrogens is 356 g/mol. The first-order valence-electron chi connectivity index (χ1n) is 8.08. The lowest BCUT2D eigenvalue weighted by atomic mass is 9.95. The first kappa shape index (κ1) is 21.7. The predicted octanol–water partition coefficient (Wildman–Crippen LogP) is 2.39. The average molecular weight is 381 g/mol. The topological polar surface area (TPSA) is 110 Å². The molecule has 2 aromatic rings. The average Bonchev–Trinajstić information content (AvgIpc) is 2.52. The Morgan fingerprint density at radius 2 is 1.88 bits per heavy atom. The van der Waals surface area contributed by atoms with Gasteiger partial charge in [-0.15, -0.1) is 12.4 Å². The Morgan fingerprint density at radius 3 is 2.38 bits per heavy atom. The molecule has 7 nitrogen and oxygen atoms in total. The number of carbonyl (C=O) groups excluding carboxylic acids is 1. The Kier molecular flexibility index (Phi) is 7.35. The Hall–Kier alpha value is -2.38. The number of H-pyrrole nitrogens is 1. The molecule has 0 saturated heterocycles. The van der Waals surface area contributed by atoms with Crippen LogP contribution in [0.15, 0.2) is 29.1 Å². The second kappa shape index (κ2) is 8.82. The molecule has 0 aliphatic rings. The monoisotopic (exact) mass is 380 g/mol. The van der Waals surface area contributed by atoms with Crippen LogP contribution in [0.4, 0.5) is 5.69 Å². The largest absolute Gasteiger partial charge is 0.492 e. The Balaban J connectivity index is 0.00000338. The van der Waals surface area contributed by atoms with Crippen LogP contribution in [0, 0.1) is 6.92 Å². The maximum atomic E-state index is 12.5. The first-order valence-corrected chi connectivity index (χ1v) is 8.08. The highest BCUT2D eigenvalue weighted by Crippen LogP contribution is 2.19. The van der Waals surface area contributed by atoms with E-state index in [4.69, 9.17) is 10.5 Å². The maximum absolute atomic E-state index is 12.5. The first-order chi connectivity index (χ1) is 11.7. The third-order valence-electron chi connectivity index (χ3n) is 3.54. The molecule has 1 heterocycles. The summed E-state index contributed by atoms with van der Waals surface area (Å²) in [7, 11) is 0. The molecule has 0 aliphatic carbocycles. The number of nitrogens with zero attached hydrogens (tertiary/aromatic N) is 1. The number of benzene rings is 1. The highest BCUT2D eigenvalue weighted by Gasteiger charge is 2.22. The number of ether oxygens (including phenoxy) is 1. The number of nitrogens with one attached hydrogen (secondary N) is 2. The second-order valence-corrected chi connectivity index (χ2v) is 6.74. The van der Waals surface area contributed by atoms with Gasteiger partial charge in [0.15, 0.2) is 0 Å². The van der Waals surface area contributed by atoms with Crippen molar-refractivity contribution >= 4 is 24.0 Å². The van der Waals surface area contributed by atoms with Gasteiger partial charge < -0.3 is 20.8 Å². The van der Waals surface area contributed by atoms with E-state index in [0.717, 1.165) is 0 Å². The summed E-state index contributed by atoms with van der Waals surface area (Å²) in [5.41, 5.74) is 5.60. The Labute approximate surface area is 158 Å². The van der Waals surface area contributed by atoms with Crippen LogP contribution in [0.1, 0.15) is 42.6 Å². The SMILES string of the molecule is Cc1nc(C(C)(C)C)[nH]c(=O)c1C(=O)Nc1ccc(OCCN)cc1.Cl. The molecule has 0 atom stereocenters. The molecule has 0 bridgehead atoms. The van der Waals surface area contributed by atoms with Crippen LogP contribution in [-0.4, -0.2) is 29.0 Å². The summed E-state index contributed by atoms with van der Waals surface area (Å²) in [6.45, 7) is 8.34. The number of carbonyl (C=O) groups is 1. The fourth-order valence-corrected chi connectivity index (χ4v) is 2.21. The van der Waals surface area contributed by atoms with Crippen molar-refractivity contribution in [3.63, 3.8) is 0 Å². The van der Waals surface area contributed by atoms with Gasteiger partial charge in [0.1, 0.15) is 23.7 Å². The number of hydrogen-bond donors (Lipinski definition) is 3. The number of aromatic nitrogens is 2. The van der Waals surface area contributed by atoms with Gasteiger partial charge in [0, 0.05) is 17.6 Å². The fourth-order valence-electron chi connectivity index (χ4n) is 2.21. The lowest BCUT2D eigenvalue weighted by Crippen LogP contribution is -2.30. The van der Waals surface area contributed by atoms with Crippen LogP contribution >= 0.6 is 12.4 Å². The summed E-state index contributed by atoms with van der Waals surface area (Å²) < 4.78 is 5.38. The zero-order chi connectivity index (χ0) is 18.6. The van der Waals surface area contributed by atoms with Gasteiger partial charge in [-0.1, -0.05) is 20.8 Å². The van der Waals surface area contributed by atoms with Crippen molar-refractivity contribution in [2.24, 2.45) is 5.73 Å². The lowest BCUT2D eigenvalue weighted by molar-refractivity contribution is 0.102. The van der Waals surface area contributed by atoms with Crippen LogP contribution in [0.25, 0.3) is 0 Å². The van der Waals surface area contributed by atoms with Crippen molar-refractivity contribution in [1.29, 1.82) is 0 Å². The van der Waals surface area contributed by atoms with Crippen molar-refractivity contribution in [2.75, 3.05) is 18.5 Å². The number of anilines is 1. The van der Waals surface area contributed by atoms with Crippen molar-refractivity contribution < 1.29 is 9.53 Å². The molecule has 0 unspecified atom stereocenters. The number of aromatic amines is 1. The molecule has 26 heavy (non-hydrogen) atoms. The van der Waals surface area contributed by atoms with Gasteiger partial charge in [0.25, 0.3) is 11.5 Å². The van der Waals surface area contributed by atoms with E-state index in [2.05, 4.69) is 15.3 Å². The van der Waals surface area contributed by atoms with E-state index in [1.165, 1.54) is 0 Å². The highest BCUT2D eigenvalue weighted by atomic mass is 35.5. The number of hydrogen-bond acceptors (Lipinski definition) is 5. The van der Waals surface area contributed by atoms with Crippen LogP contribution in [0.3, 0.4) is 0 Å².